The number of ketones is 1. The maximum atomic E-state index is 12.0. The lowest BCUT2D eigenvalue weighted by Gasteiger charge is -2.09. The number of carbonyl (C=O) groups is 2. The number of rotatable bonds is 5. The van der Waals surface area contributed by atoms with E-state index in [1.165, 1.54) is 7.11 Å². The standard InChI is InChI=1S/C13H14Cl2O3/c1-8(4-13(17)18-2)3-12(16)9-5-10(14)7-11(15)6-9/h5-8H,3-4H2,1-2H3/t8-/m1/s1. The molecule has 0 bridgehead atoms. The van der Waals surface area contributed by atoms with E-state index in [0.717, 1.165) is 0 Å². The molecule has 0 amide bonds. The number of ether oxygens (including phenoxy) is 1. The van der Waals surface area contributed by atoms with Crippen molar-refractivity contribution >= 4 is 35.0 Å². The molecule has 0 aliphatic rings. The number of halogens is 2. The molecule has 0 spiro atoms. The first-order valence-corrected chi connectivity index (χ1v) is 6.24. The summed E-state index contributed by atoms with van der Waals surface area (Å²) < 4.78 is 4.55. The summed E-state index contributed by atoms with van der Waals surface area (Å²) in [6, 6.07) is 4.71. The Bertz CT molecular complexity index is 437. The van der Waals surface area contributed by atoms with E-state index in [1.54, 1.807) is 18.2 Å². The molecule has 0 saturated heterocycles. The topological polar surface area (TPSA) is 43.4 Å². The molecule has 1 rings (SSSR count). The summed E-state index contributed by atoms with van der Waals surface area (Å²) in [5, 5.41) is 0.845. The van der Waals surface area contributed by atoms with Crippen molar-refractivity contribution < 1.29 is 14.3 Å². The Kier molecular flexibility index (Phi) is 5.63. The van der Waals surface area contributed by atoms with E-state index in [0.29, 0.717) is 15.6 Å². The highest BCUT2D eigenvalue weighted by molar-refractivity contribution is 6.35. The molecule has 0 aromatic heterocycles. The molecule has 0 fully saturated rings. The molecular weight excluding hydrogens is 275 g/mol. The molecule has 3 nitrogen and oxygen atoms in total. The summed E-state index contributed by atoms with van der Waals surface area (Å²) in [5.41, 5.74) is 0.462. The van der Waals surface area contributed by atoms with Crippen LogP contribution < -0.4 is 0 Å². The van der Waals surface area contributed by atoms with Gasteiger partial charge in [-0.3, -0.25) is 9.59 Å². The van der Waals surface area contributed by atoms with Gasteiger partial charge in [0.15, 0.2) is 5.78 Å². The lowest BCUT2D eigenvalue weighted by Crippen LogP contribution is -2.11. The summed E-state index contributed by atoms with van der Waals surface area (Å²) in [7, 11) is 1.33. The summed E-state index contributed by atoms with van der Waals surface area (Å²) in [6.07, 6.45) is 0.475. The Labute approximate surface area is 116 Å². The maximum absolute atomic E-state index is 12.0. The van der Waals surface area contributed by atoms with Crippen LogP contribution in [0.3, 0.4) is 0 Å². The Morgan fingerprint density at radius 2 is 1.72 bits per heavy atom. The van der Waals surface area contributed by atoms with Crippen molar-refractivity contribution in [3.8, 4) is 0 Å². The van der Waals surface area contributed by atoms with Crippen LogP contribution in [0.4, 0.5) is 0 Å². The molecule has 0 heterocycles. The van der Waals surface area contributed by atoms with E-state index in [4.69, 9.17) is 23.2 Å². The van der Waals surface area contributed by atoms with Gasteiger partial charge in [0.25, 0.3) is 0 Å². The van der Waals surface area contributed by atoms with Crippen molar-refractivity contribution in [3.05, 3.63) is 33.8 Å². The Hall–Kier alpha value is -1.06. The SMILES string of the molecule is COC(=O)C[C@H](C)CC(=O)c1cc(Cl)cc(Cl)c1. The van der Waals surface area contributed by atoms with Gasteiger partial charge in [-0.05, 0) is 24.1 Å². The number of hydrogen-bond acceptors (Lipinski definition) is 3. The normalized spacial score (nSPS) is 12.0. The minimum Gasteiger partial charge on any atom is -0.469 e. The molecule has 5 heteroatoms. The molecule has 0 N–H and O–H groups in total. The smallest absolute Gasteiger partial charge is 0.305 e. The Balaban J connectivity index is 2.67. The third-order valence-corrected chi connectivity index (χ3v) is 2.90. The summed E-state index contributed by atoms with van der Waals surface area (Å²) in [4.78, 5) is 23.0. The highest BCUT2D eigenvalue weighted by Gasteiger charge is 2.15. The van der Waals surface area contributed by atoms with Gasteiger partial charge in [-0.2, -0.15) is 0 Å². The van der Waals surface area contributed by atoms with E-state index in [2.05, 4.69) is 4.74 Å². The first-order chi connectivity index (χ1) is 8.42. The molecule has 1 aromatic rings. The van der Waals surface area contributed by atoms with Crippen LogP contribution in [0, 0.1) is 5.92 Å². The largest absolute Gasteiger partial charge is 0.469 e. The molecule has 0 unspecified atom stereocenters. The van der Waals surface area contributed by atoms with Crippen molar-refractivity contribution in [1.82, 2.24) is 0 Å². The van der Waals surface area contributed by atoms with Gasteiger partial charge >= 0.3 is 5.97 Å². The lowest BCUT2D eigenvalue weighted by molar-refractivity contribution is -0.141. The molecule has 0 saturated carbocycles. The molecule has 0 aliphatic carbocycles. The number of carbonyl (C=O) groups excluding carboxylic acids is 2. The van der Waals surface area contributed by atoms with Crippen LogP contribution in [0.15, 0.2) is 18.2 Å². The third-order valence-electron chi connectivity index (χ3n) is 2.46. The van der Waals surface area contributed by atoms with Gasteiger partial charge in [-0.1, -0.05) is 30.1 Å². The molecule has 1 aromatic carbocycles. The molecule has 18 heavy (non-hydrogen) atoms. The van der Waals surface area contributed by atoms with E-state index >= 15 is 0 Å². The minimum absolute atomic E-state index is 0.0808. The maximum Gasteiger partial charge on any atom is 0.305 e. The van der Waals surface area contributed by atoms with Gasteiger partial charge < -0.3 is 4.74 Å². The van der Waals surface area contributed by atoms with E-state index < -0.39 is 0 Å². The third kappa shape index (κ3) is 4.67. The van der Waals surface area contributed by atoms with E-state index in [-0.39, 0.29) is 30.5 Å². The Morgan fingerprint density at radius 1 is 1.17 bits per heavy atom. The second-order valence-electron chi connectivity index (χ2n) is 4.17. The van der Waals surface area contributed by atoms with Crippen LogP contribution in [0.5, 0.6) is 0 Å². The van der Waals surface area contributed by atoms with Crippen molar-refractivity contribution in [2.24, 2.45) is 5.92 Å². The first-order valence-electron chi connectivity index (χ1n) is 5.48. The second-order valence-corrected chi connectivity index (χ2v) is 5.04. The fraction of sp³-hybridized carbons (Fsp3) is 0.385. The number of methoxy groups -OCH3 is 1. The van der Waals surface area contributed by atoms with Crippen LogP contribution in [0.1, 0.15) is 30.1 Å². The van der Waals surface area contributed by atoms with Gasteiger partial charge in [-0.15, -0.1) is 0 Å². The minimum atomic E-state index is -0.320. The zero-order valence-corrected chi connectivity index (χ0v) is 11.7. The summed E-state index contributed by atoms with van der Waals surface area (Å²) in [6.45, 7) is 1.82. The predicted molar refractivity (Wildman–Crippen MR) is 71.2 cm³/mol. The van der Waals surface area contributed by atoms with Crippen LogP contribution >= 0.6 is 23.2 Å². The number of benzene rings is 1. The monoisotopic (exact) mass is 288 g/mol. The average Bonchev–Trinajstić information content (AvgIpc) is 2.27. The summed E-state index contributed by atoms with van der Waals surface area (Å²) >= 11 is 11.7. The van der Waals surface area contributed by atoms with Crippen molar-refractivity contribution in [1.29, 1.82) is 0 Å². The average molecular weight is 289 g/mol. The summed E-state index contributed by atoms with van der Waals surface area (Å²) in [5.74, 6) is -0.488. The Morgan fingerprint density at radius 3 is 2.22 bits per heavy atom. The van der Waals surface area contributed by atoms with Crippen LogP contribution in [0.25, 0.3) is 0 Å². The fourth-order valence-corrected chi connectivity index (χ4v) is 2.12. The van der Waals surface area contributed by atoms with Crippen LogP contribution in [0.2, 0.25) is 10.0 Å². The zero-order valence-electron chi connectivity index (χ0n) is 10.2. The quantitative estimate of drug-likeness (QED) is 0.612. The highest BCUT2D eigenvalue weighted by atomic mass is 35.5. The van der Waals surface area contributed by atoms with Gasteiger partial charge in [0.05, 0.1) is 7.11 Å². The molecular formula is C13H14Cl2O3. The van der Waals surface area contributed by atoms with Gasteiger partial charge in [0.1, 0.15) is 0 Å². The first kappa shape index (κ1) is 15.0. The van der Waals surface area contributed by atoms with Crippen LogP contribution in [-0.4, -0.2) is 18.9 Å². The molecule has 0 aliphatic heterocycles. The number of Topliss-reactive ketones (excluding diaryl/α,β-unsaturated/α-hetero) is 1. The van der Waals surface area contributed by atoms with Gasteiger partial charge in [-0.25, -0.2) is 0 Å². The second kappa shape index (κ2) is 6.76. The van der Waals surface area contributed by atoms with E-state index in [1.807, 2.05) is 6.92 Å². The van der Waals surface area contributed by atoms with Crippen molar-refractivity contribution in [2.75, 3.05) is 7.11 Å². The van der Waals surface area contributed by atoms with Gasteiger partial charge in [0, 0.05) is 28.5 Å². The van der Waals surface area contributed by atoms with Crippen molar-refractivity contribution in [2.45, 2.75) is 19.8 Å². The van der Waals surface area contributed by atoms with Crippen molar-refractivity contribution in [3.63, 3.8) is 0 Å². The zero-order chi connectivity index (χ0) is 13.7. The molecule has 98 valence electrons. The number of hydrogen-bond donors (Lipinski definition) is 0. The van der Waals surface area contributed by atoms with E-state index in [9.17, 15) is 9.59 Å². The van der Waals surface area contributed by atoms with Crippen LogP contribution in [-0.2, 0) is 9.53 Å². The highest BCUT2D eigenvalue weighted by Crippen LogP contribution is 2.21. The fourth-order valence-electron chi connectivity index (χ4n) is 1.59. The number of esters is 1. The molecule has 1 atom stereocenters. The lowest BCUT2D eigenvalue weighted by atomic mass is 9.97. The predicted octanol–water partition coefficient (Wildman–Crippen LogP) is 3.77. The molecule has 0 radical (unpaired) electrons. The van der Waals surface area contributed by atoms with Gasteiger partial charge in [0.2, 0.25) is 0 Å².